The van der Waals surface area contributed by atoms with Crippen molar-refractivity contribution in [1.82, 2.24) is 0 Å². The fourth-order valence-electron chi connectivity index (χ4n) is 3.07. The van der Waals surface area contributed by atoms with Gasteiger partial charge in [-0.1, -0.05) is 11.6 Å². The van der Waals surface area contributed by atoms with E-state index in [1.165, 1.54) is 0 Å². The number of amides is 1. The molecular formula is C17H16ClN4O2+. The first-order valence-corrected chi connectivity index (χ1v) is 8.15. The summed E-state index contributed by atoms with van der Waals surface area (Å²) in [6, 6.07) is 7.33. The highest BCUT2D eigenvalue weighted by Gasteiger charge is 2.31. The Morgan fingerprint density at radius 1 is 1.42 bits per heavy atom. The summed E-state index contributed by atoms with van der Waals surface area (Å²) < 4.78 is 7.53. The molecule has 1 amide bonds. The zero-order chi connectivity index (χ0) is 16.7. The molecule has 1 aromatic heterocycles. The maximum Gasteiger partial charge on any atom is 0.375 e. The number of benzene rings is 1. The summed E-state index contributed by atoms with van der Waals surface area (Å²) in [7, 11) is 0. The van der Waals surface area contributed by atoms with Gasteiger partial charge in [-0.3, -0.25) is 4.79 Å². The summed E-state index contributed by atoms with van der Waals surface area (Å²) in [5.41, 5.74) is 2.48. The first-order valence-electron chi connectivity index (χ1n) is 7.77. The fourth-order valence-corrected chi connectivity index (χ4v) is 3.25. The van der Waals surface area contributed by atoms with Crippen molar-refractivity contribution in [2.75, 3.05) is 11.9 Å². The van der Waals surface area contributed by atoms with Crippen LogP contribution < -0.4 is 14.6 Å². The molecule has 0 saturated heterocycles. The number of nitrogens with zero attached hydrogens (tertiary/aromatic N) is 3. The van der Waals surface area contributed by atoms with Gasteiger partial charge in [0.1, 0.15) is 11.4 Å². The Balaban J connectivity index is 1.67. The summed E-state index contributed by atoms with van der Waals surface area (Å²) in [5.74, 6) is 1.02. The van der Waals surface area contributed by atoms with Crippen LogP contribution in [0.5, 0.6) is 5.75 Å². The second kappa shape index (κ2) is 5.87. The second-order valence-corrected chi connectivity index (χ2v) is 6.35. The molecule has 0 spiro atoms. The van der Waals surface area contributed by atoms with Crippen LogP contribution in [0, 0.1) is 6.92 Å². The van der Waals surface area contributed by atoms with Crippen molar-refractivity contribution in [3.8, 4) is 5.75 Å². The maximum atomic E-state index is 12.9. The predicted molar refractivity (Wildman–Crippen MR) is 88.8 cm³/mol. The van der Waals surface area contributed by atoms with Crippen LogP contribution in [0.4, 0.5) is 11.5 Å². The van der Waals surface area contributed by atoms with Gasteiger partial charge in [-0.15, -0.1) is 0 Å². The Morgan fingerprint density at radius 2 is 2.29 bits per heavy atom. The smallest absolute Gasteiger partial charge is 0.375 e. The van der Waals surface area contributed by atoms with Crippen LogP contribution in [-0.4, -0.2) is 12.5 Å². The molecule has 7 heteroatoms. The zero-order valence-electron chi connectivity index (χ0n) is 13.1. The summed E-state index contributed by atoms with van der Waals surface area (Å²) >= 11 is 6.09. The van der Waals surface area contributed by atoms with E-state index >= 15 is 0 Å². The third-order valence-corrected chi connectivity index (χ3v) is 4.59. The Labute approximate surface area is 144 Å². The third kappa shape index (κ3) is 2.53. The van der Waals surface area contributed by atoms with Gasteiger partial charge >= 0.3 is 5.82 Å². The van der Waals surface area contributed by atoms with Gasteiger partial charge in [0.15, 0.2) is 0 Å². The SMILES string of the molecule is Cc1cc[n+]2c(c1NC(=O)[C@@H]1CCOc3ccc(Cl)cc31)N=NC2. The van der Waals surface area contributed by atoms with Crippen molar-refractivity contribution in [2.24, 2.45) is 10.2 Å². The average molecular weight is 344 g/mol. The lowest BCUT2D eigenvalue weighted by molar-refractivity contribution is -0.674. The molecule has 0 fully saturated rings. The van der Waals surface area contributed by atoms with Crippen molar-refractivity contribution < 1.29 is 14.1 Å². The number of aromatic nitrogens is 1. The number of hydrogen-bond donors (Lipinski definition) is 1. The van der Waals surface area contributed by atoms with E-state index in [9.17, 15) is 4.79 Å². The predicted octanol–water partition coefficient (Wildman–Crippen LogP) is 3.50. The Morgan fingerprint density at radius 3 is 3.17 bits per heavy atom. The van der Waals surface area contributed by atoms with Gasteiger partial charge < -0.3 is 10.1 Å². The van der Waals surface area contributed by atoms with E-state index in [1.807, 2.05) is 29.8 Å². The maximum absolute atomic E-state index is 12.9. The Kier molecular flexibility index (Phi) is 3.69. The van der Waals surface area contributed by atoms with Gasteiger partial charge in [-0.25, -0.2) is 4.57 Å². The number of fused-ring (bicyclic) bond motifs is 2. The van der Waals surface area contributed by atoms with Crippen molar-refractivity contribution in [3.05, 3.63) is 46.6 Å². The number of rotatable bonds is 2. The van der Waals surface area contributed by atoms with Gasteiger partial charge in [-0.05, 0) is 48.3 Å². The molecule has 0 bridgehead atoms. The van der Waals surface area contributed by atoms with Crippen LogP contribution in [-0.2, 0) is 11.5 Å². The van der Waals surface area contributed by atoms with Crippen molar-refractivity contribution in [3.63, 3.8) is 0 Å². The van der Waals surface area contributed by atoms with Crippen molar-refractivity contribution in [2.45, 2.75) is 25.9 Å². The number of carbonyl (C=O) groups excluding carboxylic acids is 1. The lowest BCUT2D eigenvalue weighted by atomic mass is 9.92. The van der Waals surface area contributed by atoms with Gasteiger partial charge in [0.05, 0.1) is 23.8 Å². The summed E-state index contributed by atoms with van der Waals surface area (Å²) in [6.45, 7) is 2.93. The average Bonchev–Trinajstić information content (AvgIpc) is 3.05. The molecule has 0 saturated carbocycles. The first kappa shape index (κ1) is 15.1. The molecule has 0 radical (unpaired) electrons. The molecule has 1 aromatic carbocycles. The van der Waals surface area contributed by atoms with E-state index in [0.29, 0.717) is 36.2 Å². The molecule has 2 aromatic rings. The summed E-state index contributed by atoms with van der Waals surface area (Å²) in [6.07, 6.45) is 2.53. The molecule has 1 N–H and O–H groups in total. The molecule has 1 atom stereocenters. The minimum Gasteiger partial charge on any atom is -0.493 e. The van der Waals surface area contributed by atoms with Crippen LogP contribution in [0.2, 0.25) is 5.02 Å². The van der Waals surface area contributed by atoms with Crippen molar-refractivity contribution >= 4 is 29.0 Å². The minimum absolute atomic E-state index is 0.0824. The normalized spacial score (nSPS) is 17.8. The molecule has 24 heavy (non-hydrogen) atoms. The van der Waals surface area contributed by atoms with E-state index in [2.05, 4.69) is 15.5 Å². The van der Waals surface area contributed by atoms with Gasteiger partial charge in [0.2, 0.25) is 12.6 Å². The van der Waals surface area contributed by atoms with Crippen LogP contribution in [0.1, 0.15) is 23.5 Å². The van der Waals surface area contributed by atoms with Crippen LogP contribution in [0.25, 0.3) is 0 Å². The molecule has 2 aliphatic rings. The molecular weight excluding hydrogens is 328 g/mol. The lowest BCUT2D eigenvalue weighted by Crippen LogP contribution is -2.32. The van der Waals surface area contributed by atoms with E-state index in [4.69, 9.17) is 16.3 Å². The molecule has 0 aliphatic carbocycles. The number of ether oxygens (including phenoxy) is 1. The fraction of sp³-hybridized carbons (Fsp3) is 0.294. The lowest BCUT2D eigenvalue weighted by Gasteiger charge is -2.25. The molecule has 4 rings (SSSR count). The van der Waals surface area contributed by atoms with Crippen LogP contribution >= 0.6 is 11.6 Å². The highest BCUT2D eigenvalue weighted by Crippen LogP contribution is 2.37. The molecule has 122 valence electrons. The number of carbonyl (C=O) groups is 1. The van der Waals surface area contributed by atoms with Gasteiger partial charge in [-0.2, -0.15) is 0 Å². The number of nitrogens with one attached hydrogen (secondary N) is 1. The van der Waals surface area contributed by atoms with Crippen LogP contribution in [0.3, 0.4) is 0 Å². The third-order valence-electron chi connectivity index (χ3n) is 4.35. The van der Waals surface area contributed by atoms with Gasteiger partial charge in [0, 0.05) is 10.6 Å². The molecule has 0 unspecified atom stereocenters. The zero-order valence-corrected chi connectivity index (χ0v) is 13.9. The summed E-state index contributed by atoms with van der Waals surface area (Å²) in [5, 5.41) is 11.8. The number of aryl methyl sites for hydroxylation is 1. The molecule has 2 aliphatic heterocycles. The van der Waals surface area contributed by atoms with E-state index in [1.54, 1.807) is 12.1 Å². The topological polar surface area (TPSA) is 66.9 Å². The molecule has 3 heterocycles. The number of azo groups is 1. The Bertz CT molecular complexity index is 866. The van der Waals surface area contributed by atoms with E-state index in [-0.39, 0.29) is 11.8 Å². The second-order valence-electron chi connectivity index (χ2n) is 5.91. The summed E-state index contributed by atoms with van der Waals surface area (Å²) in [4.78, 5) is 12.9. The number of pyridine rings is 1. The number of anilines is 1. The van der Waals surface area contributed by atoms with Crippen LogP contribution in [0.15, 0.2) is 40.7 Å². The van der Waals surface area contributed by atoms with Gasteiger partial charge in [0.25, 0.3) is 0 Å². The Hall–Kier alpha value is -2.47. The minimum atomic E-state index is -0.300. The van der Waals surface area contributed by atoms with E-state index in [0.717, 1.165) is 16.9 Å². The van der Waals surface area contributed by atoms with E-state index < -0.39 is 0 Å². The quantitative estimate of drug-likeness (QED) is 0.848. The highest BCUT2D eigenvalue weighted by molar-refractivity contribution is 6.30. The number of halogens is 1. The largest absolute Gasteiger partial charge is 0.493 e. The molecule has 6 nitrogen and oxygen atoms in total. The first-order chi connectivity index (χ1) is 11.6. The standard InChI is InChI=1S/C17H15ClN4O2/c1-10-4-6-22-9-19-21-16(22)15(10)20-17(23)12-5-7-24-14-3-2-11(18)8-13(12)14/h2-4,6,8,12H,5,7,9H2,1H3/p+1/t12-/m1/s1. The monoisotopic (exact) mass is 343 g/mol. The van der Waals surface area contributed by atoms with Crippen molar-refractivity contribution in [1.29, 1.82) is 0 Å². The number of hydrogen-bond acceptors (Lipinski definition) is 4. The highest BCUT2D eigenvalue weighted by atomic mass is 35.5.